The number of likely N-dealkylation sites (N-methyl/N-ethyl adjacent to an activating group) is 1. The largest absolute Gasteiger partial charge is 0.322 e. The zero-order valence-electron chi connectivity index (χ0n) is 13.6. The van der Waals surface area contributed by atoms with Gasteiger partial charge in [-0.15, -0.1) is 0 Å². The van der Waals surface area contributed by atoms with E-state index in [-0.39, 0.29) is 11.8 Å². The molecule has 0 saturated carbocycles. The number of aryl methyl sites for hydroxylation is 2. The first-order valence-corrected chi connectivity index (χ1v) is 7.81. The number of amides is 2. The molecule has 1 aliphatic heterocycles. The van der Waals surface area contributed by atoms with Crippen molar-refractivity contribution in [1.82, 2.24) is 0 Å². The van der Waals surface area contributed by atoms with E-state index in [1.54, 1.807) is 4.90 Å². The van der Waals surface area contributed by atoms with Gasteiger partial charge < -0.3 is 10.2 Å². The minimum atomic E-state index is -0.135. The van der Waals surface area contributed by atoms with E-state index >= 15 is 0 Å². The number of carbonyl (C=O) groups excluding carboxylic acids is 2. The van der Waals surface area contributed by atoms with E-state index in [0.717, 1.165) is 28.1 Å². The average molecular weight is 308 g/mol. The van der Waals surface area contributed by atoms with Crippen LogP contribution in [0.2, 0.25) is 0 Å². The Hall–Kier alpha value is -2.62. The van der Waals surface area contributed by atoms with Crippen LogP contribution >= 0.6 is 0 Å². The van der Waals surface area contributed by atoms with Crippen LogP contribution in [0.3, 0.4) is 0 Å². The molecule has 2 amide bonds. The molecule has 1 N–H and O–H groups in total. The van der Waals surface area contributed by atoms with Crippen molar-refractivity contribution in [1.29, 1.82) is 0 Å². The lowest BCUT2D eigenvalue weighted by Gasteiger charge is -2.15. The minimum Gasteiger partial charge on any atom is -0.322 e. The fourth-order valence-corrected chi connectivity index (χ4v) is 2.89. The molecule has 0 unspecified atom stereocenters. The molecular weight excluding hydrogens is 288 g/mol. The van der Waals surface area contributed by atoms with Gasteiger partial charge >= 0.3 is 0 Å². The maximum absolute atomic E-state index is 12.4. The standard InChI is InChI=1S/C19H20N2O2/c1-4-21-17-8-7-16(10-15(17)11-18(21)22)20-19(23)14-6-5-12(2)13(3)9-14/h5-10H,4,11H2,1-3H3,(H,20,23). The maximum atomic E-state index is 12.4. The van der Waals surface area contributed by atoms with Crippen LogP contribution in [0.15, 0.2) is 36.4 Å². The molecule has 4 nitrogen and oxygen atoms in total. The molecule has 0 spiro atoms. The van der Waals surface area contributed by atoms with Gasteiger partial charge in [-0.3, -0.25) is 9.59 Å². The van der Waals surface area contributed by atoms with E-state index in [9.17, 15) is 9.59 Å². The molecule has 0 aliphatic carbocycles. The Bertz CT molecular complexity index is 796. The van der Waals surface area contributed by atoms with Gasteiger partial charge in [0.15, 0.2) is 0 Å². The summed E-state index contributed by atoms with van der Waals surface area (Å²) in [6.07, 6.45) is 0.399. The molecule has 2 aromatic carbocycles. The van der Waals surface area contributed by atoms with Crippen LogP contribution in [-0.4, -0.2) is 18.4 Å². The molecule has 0 bridgehead atoms. The highest BCUT2D eigenvalue weighted by molar-refractivity contribution is 6.06. The van der Waals surface area contributed by atoms with Crippen molar-refractivity contribution in [2.24, 2.45) is 0 Å². The lowest BCUT2D eigenvalue weighted by Crippen LogP contribution is -2.25. The lowest BCUT2D eigenvalue weighted by atomic mass is 10.1. The molecule has 0 radical (unpaired) electrons. The molecule has 23 heavy (non-hydrogen) atoms. The summed E-state index contributed by atoms with van der Waals surface area (Å²) in [5.41, 5.74) is 5.53. The number of benzene rings is 2. The smallest absolute Gasteiger partial charge is 0.255 e. The summed E-state index contributed by atoms with van der Waals surface area (Å²) in [6, 6.07) is 11.3. The van der Waals surface area contributed by atoms with Gasteiger partial charge in [0.2, 0.25) is 5.91 Å². The van der Waals surface area contributed by atoms with Crippen LogP contribution in [0.25, 0.3) is 0 Å². The molecular formula is C19H20N2O2. The Morgan fingerprint density at radius 1 is 1.13 bits per heavy atom. The van der Waals surface area contributed by atoms with E-state index in [2.05, 4.69) is 5.32 Å². The quantitative estimate of drug-likeness (QED) is 0.944. The molecule has 1 aliphatic rings. The Balaban J connectivity index is 1.81. The monoisotopic (exact) mass is 308 g/mol. The number of hydrogen-bond donors (Lipinski definition) is 1. The van der Waals surface area contributed by atoms with Gasteiger partial charge in [0.25, 0.3) is 5.91 Å². The number of rotatable bonds is 3. The predicted molar refractivity (Wildman–Crippen MR) is 92.0 cm³/mol. The van der Waals surface area contributed by atoms with Gasteiger partial charge in [-0.05, 0) is 67.8 Å². The van der Waals surface area contributed by atoms with Crippen LogP contribution in [0.1, 0.15) is 34.0 Å². The number of anilines is 2. The van der Waals surface area contributed by atoms with E-state index < -0.39 is 0 Å². The minimum absolute atomic E-state index is 0.111. The topological polar surface area (TPSA) is 49.4 Å². The van der Waals surface area contributed by atoms with Crippen molar-refractivity contribution in [3.8, 4) is 0 Å². The highest BCUT2D eigenvalue weighted by Gasteiger charge is 2.26. The molecule has 4 heteroatoms. The summed E-state index contributed by atoms with van der Waals surface area (Å²) >= 11 is 0. The van der Waals surface area contributed by atoms with Gasteiger partial charge in [-0.2, -0.15) is 0 Å². The SMILES string of the molecule is CCN1C(=O)Cc2cc(NC(=O)c3ccc(C)c(C)c3)ccc21. The molecule has 0 aromatic heterocycles. The van der Waals surface area contributed by atoms with Crippen molar-refractivity contribution in [2.45, 2.75) is 27.2 Å². The van der Waals surface area contributed by atoms with Crippen LogP contribution < -0.4 is 10.2 Å². The lowest BCUT2D eigenvalue weighted by molar-refractivity contribution is -0.117. The third-order valence-corrected chi connectivity index (χ3v) is 4.36. The molecule has 0 atom stereocenters. The second kappa shape index (κ2) is 5.88. The first-order chi connectivity index (χ1) is 11.0. The van der Waals surface area contributed by atoms with Crippen molar-refractivity contribution in [3.63, 3.8) is 0 Å². The van der Waals surface area contributed by atoms with Crippen LogP contribution in [0, 0.1) is 13.8 Å². The van der Waals surface area contributed by atoms with E-state index in [4.69, 9.17) is 0 Å². The van der Waals surface area contributed by atoms with Crippen molar-refractivity contribution < 1.29 is 9.59 Å². The normalized spacial score (nSPS) is 13.2. The highest BCUT2D eigenvalue weighted by atomic mass is 16.2. The third kappa shape index (κ3) is 2.84. The summed E-state index contributed by atoms with van der Waals surface area (Å²) in [5, 5.41) is 2.91. The first-order valence-electron chi connectivity index (χ1n) is 7.81. The molecule has 2 aromatic rings. The van der Waals surface area contributed by atoms with Gasteiger partial charge in [-0.1, -0.05) is 6.07 Å². The van der Waals surface area contributed by atoms with Crippen molar-refractivity contribution in [2.75, 3.05) is 16.8 Å². The predicted octanol–water partition coefficient (Wildman–Crippen LogP) is 3.46. The van der Waals surface area contributed by atoms with Crippen LogP contribution in [0.4, 0.5) is 11.4 Å². The second-order valence-electron chi connectivity index (χ2n) is 5.91. The van der Waals surface area contributed by atoms with Crippen LogP contribution in [-0.2, 0) is 11.2 Å². The fourth-order valence-electron chi connectivity index (χ4n) is 2.89. The zero-order chi connectivity index (χ0) is 16.6. The Kier molecular flexibility index (Phi) is 3.90. The van der Waals surface area contributed by atoms with Gasteiger partial charge in [0, 0.05) is 23.5 Å². The average Bonchev–Trinajstić information content (AvgIpc) is 2.84. The van der Waals surface area contributed by atoms with E-state index in [1.807, 2.05) is 57.2 Å². The van der Waals surface area contributed by atoms with Gasteiger partial charge in [-0.25, -0.2) is 0 Å². The fraction of sp³-hybridized carbons (Fsp3) is 0.263. The summed E-state index contributed by atoms with van der Waals surface area (Å²) < 4.78 is 0. The number of fused-ring (bicyclic) bond motifs is 1. The second-order valence-corrected chi connectivity index (χ2v) is 5.91. The molecule has 3 rings (SSSR count). The number of nitrogens with zero attached hydrogens (tertiary/aromatic N) is 1. The molecule has 118 valence electrons. The first kappa shape index (κ1) is 15.3. The summed E-state index contributed by atoms with van der Waals surface area (Å²) in [7, 11) is 0. The maximum Gasteiger partial charge on any atom is 0.255 e. The van der Waals surface area contributed by atoms with E-state index in [0.29, 0.717) is 18.5 Å². The van der Waals surface area contributed by atoms with Gasteiger partial charge in [0.1, 0.15) is 0 Å². The Morgan fingerprint density at radius 2 is 1.91 bits per heavy atom. The summed E-state index contributed by atoms with van der Waals surface area (Å²) in [4.78, 5) is 26.1. The summed E-state index contributed by atoms with van der Waals surface area (Å²) in [5.74, 6) is -0.0233. The summed E-state index contributed by atoms with van der Waals surface area (Å²) in [6.45, 7) is 6.64. The Labute approximate surface area is 136 Å². The number of carbonyl (C=O) groups is 2. The zero-order valence-corrected chi connectivity index (χ0v) is 13.6. The van der Waals surface area contributed by atoms with Crippen molar-refractivity contribution >= 4 is 23.2 Å². The molecule has 0 fully saturated rings. The third-order valence-electron chi connectivity index (χ3n) is 4.36. The van der Waals surface area contributed by atoms with E-state index in [1.165, 1.54) is 0 Å². The number of nitrogens with one attached hydrogen (secondary N) is 1. The highest BCUT2D eigenvalue weighted by Crippen LogP contribution is 2.31. The molecule has 0 saturated heterocycles. The Morgan fingerprint density at radius 3 is 2.61 bits per heavy atom. The van der Waals surface area contributed by atoms with Crippen LogP contribution in [0.5, 0.6) is 0 Å². The number of hydrogen-bond acceptors (Lipinski definition) is 2. The molecule has 1 heterocycles. The van der Waals surface area contributed by atoms with Crippen molar-refractivity contribution in [3.05, 3.63) is 58.7 Å². The van der Waals surface area contributed by atoms with Gasteiger partial charge in [0.05, 0.1) is 6.42 Å².